The van der Waals surface area contributed by atoms with Crippen LogP contribution in [0.15, 0.2) is 42.5 Å². The van der Waals surface area contributed by atoms with Gasteiger partial charge in [-0.05, 0) is 68.4 Å². The monoisotopic (exact) mass is 521 g/mol. The third kappa shape index (κ3) is 8.86. The van der Waals surface area contributed by atoms with E-state index in [0.29, 0.717) is 25.0 Å². The van der Waals surface area contributed by atoms with Crippen molar-refractivity contribution in [3.05, 3.63) is 53.8 Å². The molecule has 0 atom stereocenters. The van der Waals surface area contributed by atoms with Gasteiger partial charge in [-0.3, -0.25) is 0 Å². The molecule has 2 aromatic carbocycles. The molecule has 2 aromatic rings. The number of carbonyl (C=O) groups excluding carboxylic acids is 1. The number of unbranched alkanes of at least 4 members (excludes halogenated alkanes) is 7. The lowest BCUT2D eigenvalue weighted by Crippen LogP contribution is -2.31. The van der Waals surface area contributed by atoms with Crippen LogP contribution in [0.3, 0.4) is 0 Å². The Morgan fingerprint density at radius 3 is 2.24 bits per heavy atom. The molecule has 0 unspecified atom stereocenters. The number of nitrogens with zero attached hydrogens (tertiary/aromatic N) is 1. The minimum atomic E-state index is -0.503. The first-order chi connectivity index (χ1) is 18.5. The summed E-state index contributed by atoms with van der Waals surface area (Å²) in [4.78, 5) is 12.8. The first-order valence-electron chi connectivity index (χ1n) is 14.7. The maximum atomic E-state index is 15.0. The van der Waals surface area contributed by atoms with E-state index in [2.05, 4.69) is 19.9 Å². The van der Waals surface area contributed by atoms with E-state index in [1.165, 1.54) is 44.6 Å². The molecule has 0 spiro atoms. The number of hydrogen-bond acceptors (Lipinski definition) is 4. The maximum Gasteiger partial charge on any atom is 0.338 e. The van der Waals surface area contributed by atoms with Gasteiger partial charge >= 0.3 is 5.97 Å². The van der Waals surface area contributed by atoms with Crippen LogP contribution in [0.25, 0.3) is 11.1 Å². The van der Waals surface area contributed by atoms with Crippen LogP contribution in [0.2, 0.25) is 0 Å². The van der Waals surface area contributed by atoms with Gasteiger partial charge in [0.05, 0.1) is 23.7 Å². The van der Waals surface area contributed by atoms with Gasteiger partial charge in [0.1, 0.15) is 17.7 Å². The fourth-order valence-corrected chi connectivity index (χ4v) is 5.29. The highest BCUT2D eigenvalue weighted by Crippen LogP contribution is 2.41. The van der Waals surface area contributed by atoms with Crippen molar-refractivity contribution >= 4 is 5.97 Å². The molecule has 0 radical (unpaired) electrons. The van der Waals surface area contributed by atoms with Crippen molar-refractivity contribution in [2.24, 2.45) is 5.41 Å². The number of ether oxygens (including phenoxy) is 2. The van der Waals surface area contributed by atoms with Gasteiger partial charge in [-0.15, -0.1) is 0 Å². The predicted octanol–water partition coefficient (Wildman–Crippen LogP) is 9.42. The van der Waals surface area contributed by atoms with Crippen LogP contribution in [0.1, 0.15) is 114 Å². The molecule has 0 amide bonds. The lowest BCUT2D eigenvalue weighted by Gasteiger charge is -2.34. The van der Waals surface area contributed by atoms with Gasteiger partial charge in [-0.2, -0.15) is 5.26 Å². The molecular weight excluding hydrogens is 477 g/mol. The summed E-state index contributed by atoms with van der Waals surface area (Å²) in [6.45, 7) is 5.07. The zero-order valence-electron chi connectivity index (χ0n) is 23.3. The van der Waals surface area contributed by atoms with Gasteiger partial charge < -0.3 is 9.47 Å². The highest BCUT2D eigenvalue weighted by Gasteiger charge is 2.36. The second kappa shape index (κ2) is 15.5. The lowest BCUT2D eigenvalue weighted by atomic mass is 9.71. The Balaban J connectivity index is 1.49. The fraction of sp³-hybridized carbons (Fsp3) is 0.576. The second-order valence-corrected chi connectivity index (χ2v) is 10.8. The average molecular weight is 522 g/mol. The Labute approximate surface area is 228 Å². The van der Waals surface area contributed by atoms with Crippen molar-refractivity contribution in [2.75, 3.05) is 6.61 Å². The van der Waals surface area contributed by atoms with Crippen LogP contribution in [0, 0.1) is 22.6 Å². The number of esters is 1. The summed E-state index contributed by atoms with van der Waals surface area (Å²) in [6.07, 6.45) is 14.1. The van der Waals surface area contributed by atoms with Crippen molar-refractivity contribution in [3.8, 4) is 22.9 Å². The Morgan fingerprint density at radius 2 is 1.61 bits per heavy atom. The summed E-state index contributed by atoms with van der Waals surface area (Å²) in [5, 5.41) is 9.82. The number of carbonyl (C=O) groups is 1. The van der Waals surface area contributed by atoms with Crippen LogP contribution < -0.4 is 4.74 Å². The summed E-state index contributed by atoms with van der Waals surface area (Å²) >= 11 is 0. The first kappa shape index (κ1) is 29.7. The predicted molar refractivity (Wildman–Crippen MR) is 151 cm³/mol. The number of nitriles is 1. The molecule has 4 nitrogen and oxygen atoms in total. The van der Waals surface area contributed by atoms with E-state index in [4.69, 9.17) is 9.47 Å². The number of rotatable bonds is 15. The molecule has 1 fully saturated rings. The van der Waals surface area contributed by atoms with Crippen molar-refractivity contribution in [1.29, 1.82) is 5.26 Å². The Bertz CT molecular complexity index is 1040. The third-order valence-electron chi connectivity index (χ3n) is 7.80. The van der Waals surface area contributed by atoms with E-state index in [1.807, 2.05) is 24.3 Å². The van der Waals surface area contributed by atoms with E-state index in [0.717, 1.165) is 49.8 Å². The quantitative estimate of drug-likeness (QED) is 0.173. The summed E-state index contributed by atoms with van der Waals surface area (Å²) < 4.78 is 26.5. The highest BCUT2D eigenvalue weighted by atomic mass is 19.1. The Morgan fingerprint density at radius 1 is 0.947 bits per heavy atom. The molecule has 38 heavy (non-hydrogen) atoms. The van der Waals surface area contributed by atoms with Crippen LogP contribution in [0.5, 0.6) is 5.75 Å². The van der Waals surface area contributed by atoms with Crippen molar-refractivity contribution < 1.29 is 18.7 Å². The molecule has 1 saturated carbocycles. The molecule has 206 valence electrons. The topological polar surface area (TPSA) is 59.3 Å². The van der Waals surface area contributed by atoms with E-state index in [-0.39, 0.29) is 17.1 Å². The maximum absolute atomic E-state index is 15.0. The van der Waals surface area contributed by atoms with Crippen LogP contribution in [-0.2, 0) is 4.74 Å². The smallest absolute Gasteiger partial charge is 0.338 e. The van der Waals surface area contributed by atoms with Gasteiger partial charge in [0, 0.05) is 5.56 Å². The zero-order chi connectivity index (χ0) is 27.2. The molecule has 5 heteroatoms. The highest BCUT2D eigenvalue weighted by molar-refractivity contribution is 5.90. The van der Waals surface area contributed by atoms with E-state index < -0.39 is 11.8 Å². The Kier molecular flexibility index (Phi) is 12.1. The molecule has 0 saturated heterocycles. The molecule has 0 aliphatic heterocycles. The van der Waals surface area contributed by atoms with Gasteiger partial charge in [-0.1, -0.05) is 83.4 Å². The molecule has 0 aromatic heterocycles. The fourth-order valence-electron chi connectivity index (χ4n) is 5.29. The van der Waals surface area contributed by atoms with Crippen LogP contribution in [-0.4, -0.2) is 18.7 Å². The molecule has 3 rings (SSSR count). The van der Waals surface area contributed by atoms with Gasteiger partial charge in [-0.25, -0.2) is 9.18 Å². The van der Waals surface area contributed by atoms with E-state index in [1.54, 1.807) is 12.1 Å². The summed E-state index contributed by atoms with van der Waals surface area (Å²) in [7, 11) is 0. The standard InChI is InChI=1S/C33H44FNO3/c1-3-5-7-9-10-20-33(25-35)21-18-29(19-22-33)38-32(36)27-14-17-30(31(34)24-27)26-12-15-28(16-13-26)37-23-11-8-6-4-2/h12-17,24,29H,3-11,18-23H2,1-2H3. The molecule has 0 N–H and O–H groups in total. The van der Waals surface area contributed by atoms with E-state index >= 15 is 0 Å². The molecular formula is C33H44FNO3. The van der Waals surface area contributed by atoms with Crippen molar-refractivity contribution in [3.63, 3.8) is 0 Å². The summed E-state index contributed by atoms with van der Waals surface area (Å²) in [6, 6.07) is 14.5. The Hall–Kier alpha value is -2.87. The first-order valence-corrected chi connectivity index (χ1v) is 14.7. The summed E-state index contributed by atoms with van der Waals surface area (Å²) in [5.74, 6) is -0.186. The van der Waals surface area contributed by atoms with Crippen LogP contribution in [0.4, 0.5) is 4.39 Å². The SMILES string of the molecule is CCCCCCCC1(C#N)CCC(OC(=O)c2ccc(-c3ccc(OCCCCCC)cc3)c(F)c2)CC1. The van der Waals surface area contributed by atoms with Gasteiger partial charge in [0.25, 0.3) is 0 Å². The van der Waals surface area contributed by atoms with Gasteiger partial charge in [0.2, 0.25) is 0 Å². The van der Waals surface area contributed by atoms with Crippen molar-refractivity contribution in [2.45, 2.75) is 110 Å². The number of hydrogen-bond donors (Lipinski definition) is 0. The third-order valence-corrected chi connectivity index (χ3v) is 7.80. The van der Waals surface area contributed by atoms with E-state index in [9.17, 15) is 14.4 Å². The number of benzene rings is 2. The molecule has 0 heterocycles. The number of halogens is 1. The van der Waals surface area contributed by atoms with Crippen LogP contribution >= 0.6 is 0 Å². The van der Waals surface area contributed by atoms with Crippen molar-refractivity contribution in [1.82, 2.24) is 0 Å². The minimum absolute atomic E-state index is 0.214. The minimum Gasteiger partial charge on any atom is -0.494 e. The zero-order valence-corrected chi connectivity index (χ0v) is 23.3. The molecule has 0 bridgehead atoms. The normalized spacial score (nSPS) is 19.1. The second-order valence-electron chi connectivity index (χ2n) is 10.8. The molecule has 1 aliphatic rings. The average Bonchev–Trinajstić information content (AvgIpc) is 2.94. The lowest BCUT2D eigenvalue weighted by molar-refractivity contribution is 0.0104. The largest absolute Gasteiger partial charge is 0.494 e. The van der Waals surface area contributed by atoms with Gasteiger partial charge in [0.15, 0.2) is 0 Å². The molecule has 1 aliphatic carbocycles. The summed E-state index contributed by atoms with van der Waals surface area (Å²) in [5.41, 5.74) is 1.09.